The van der Waals surface area contributed by atoms with Crippen LogP contribution in [0, 0.1) is 0 Å². The molecule has 8 nitrogen and oxygen atoms in total. The molecule has 1 fully saturated rings. The third-order valence-electron chi connectivity index (χ3n) is 2.63. The van der Waals surface area contributed by atoms with Crippen LogP contribution >= 0.6 is 0 Å². The van der Waals surface area contributed by atoms with Gasteiger partial charge in [0.25, 0.3) is 0 Å². The number of carbonyl (C=O) groups excluding carboxylic acids is 2. The third-order valence-corrected chi connectivity index (χ3v) is 2.63. The van der Waals surface area contributed by atoms with Crippen molar-refractivity contribution in [3.63, 3.8) is 0 Å². The molecule has 0 radical (unpaired) electrons. The highest BCUT2D eigenvalue weighted by atomic mass is 16.6. The Labute approximate surface area is 122 Å². The molecule has 1 aromatic heterocycles. The molecule has 1 atom stereocenters. The lowest BCUT2D eigenvalue weighted by atomic mass is 10.2. The quantitative estimate of drug-likeness (QED) is 0.905. The standard InChI is InChI=1S/C13H18N4O4/c1-13(2,3)21-12(19)17-9(8-20-11(17)18)6-16-10-7-14-4-5-15-10/h4-5,7,9H,6,8H2,1-3H3,(H,15,16). The molecule has 0 spiro atoms. The van der Waals surface area contributed by atoms with Gasteiger partial charge in [-0.2, -0.15) is 0 Å². The van der Waals surface area contributed by atoms with Crippen LogP contribution in [0.1, 0.15) is 20.8 Å². The van der Waals surface area contributed by atoms with Crippen molar-refractivity contribution in [3.8, 4) is 0 Å². The first-order valence-corrected chi connectivity index (χ1v) is 6.55. The predicted octanol–water partition coefficient (Wildman–Crippen LogP) is 1.64. The van der Waals surface area contributed by atoms with Gasteiger partial charge in [0.1, 0.15) is 18.0 Å². The molecular weight excluding hydrogens is 276 g/mol. The number of cyclic esters (lactones) is 1. The van der Waals surface area contributed by atoms with E-state index in [1.165, 1.54) is 0 Å². The summed E-state index contributed by atoms with van der Waals surface area (Å²) in [6.07, 6.45) is 3.24. The Kier molecular flexibility index (Phi) is 4.25. The Balaban J connectivity index is 1.98. The fraction of sp³-hybridized carbons (Fsp3) is 0.538. The second-order valence-corrected chi connectivity index (χ2v) is 5.55. The summed E-state index contributed by atoms with van der Waals surface area (Å²) in [5, 5.41) is 3.00. The molecule has 114 valence electrons. The maximum atomic E-state index is 12.0. The largest absolute Gasteiger partial charge is 0.447 e. The van der Waals surface area contributed by atoms with Crippen molar-refractivity contribution in [3.05, 3.63) is 18.6 Å². The summed E-state index contributed by atoms with van der Waals surface area (Å²) in [4.78, 5) is 32.7. The molecule has 0 aromatic carbocycles. The van der Waals surface area contributed by atoms with Gasteiger partial charge < -0.3 is 14.8 Å². The summed E-state index contributed by atoms with van der Waals surface area (Å²) in [7, 11) is 0. The van der Waals surface area contributed by atoms with Crippen LogP contribution in [0.4, 0.5) is 15.4 Å². The molecule has 2 heterocycles. The normalized spacial score (nSPS) is 18.3. The average molecular weight is 294 g/mol. The molecule has 1 aliphatic heterocycles. The summed E-state index contributed by atoms with van der Waals surface area (Å²) < 4.78 is 10.1. The SMILES string of the molecule is CC(C)(C)OC(=O)N1C(=O)OCC1CNc1cnccn1. The van der Waals surface area contributed by atoms with E-state index in [9.17, 15) is 9.59 Å². The highest BCUT2D eigenvalue weighted by Gasteiger charge is 2.40. The van der Waals surface area contributed by atoms with Gasteiger partial charge in [0.15, 0.2) is 0 Å². The zero-order valence-electron chi connectivity index (χ0n) is 12.2. The van der Waals surface area contributed by atoms with Crippen LogP contribution in [-0.2, 0) is 9.47 Å². The van der Waals surface area contributed by atoms with E-state index in [2.05, 4.69) is 15.3 Å². The smallest absolute Gasteiger partial charge is 0.420 e. The Hall–Kier alpha value is -2.38. The van der Waals surface area contributed by atoms with Crippen LogP contribution in [-0.4, -0.2) is 51.8 Å². The molecule has 1 saturated heterocycles. The van der Waals surface area contributed by atoms with E-state index < -0.39 is 23.8 Å². The summed E-state index contributed by atoms with van der Waals surface area (Å²) in [6, 6.07) is -0.450. The molecule has 1 aliphatic rings. The van der Waals surface area contributed by atoms with Crippen molar-refractivity contribution < 1.29 is 19.1 Å². The Morgan fingerprint density at radius 1 is 1.52 bits per heavy atom. The van der Waals surface area contributed by atoms with Gasteiger partial charge >= 0.3 is 12.2 Å². The van der Waals surface area contributed by atoms with E-state index in [1.807, 2.05) is 0 Å². The molecular formula is C13H18N4O4. The first-order chi connectivity index (χ1) is 9.87. The van der Waals surface area contributed by atoms with Gasteiger partial charge in [0.05, 0.1) is 12.2 Å². The van der Waals surface area contributed by atoms with E-state index in [0.717, 1.165) is 4.90 Å². The number of nitrogens with zero attached hydrogens (tertiary/aromatic N) is 3. The maximum Gasteiger partial charge on any atom is 0.420 e. The zero-order valence-corrected chi connectivity index (χ0v) is 12.2. The highest BCUT2D eigenvalue weighted by molar-refractivity contribution is 5.89. The first kappa shape index (κ1) is 15.0. The van der Waals surface area contributed by atoms with Crippen molar-refractivity contribution in [1.82, 2.24) is 14.9 Å². The zero-order chi connectivity index (χ0) is 15.5. The molecule has 1 unspecified atom stereocenters. The molecule has 1 aromatic rings. The van der Waals surface area contributed by atoms with Gasteiger partial charge in [-0.25, -0.2) is 19.5 Å². The van der Waals surface area contributed by atoms with E-state index in [1.54, 1.807) is 39.4 Å². The summed E-state index contributed by atoms with van der Waals surface area (Å²) in [5.74, 6) is 0.556. The molecule has 8 heteroatoms. The Morgan fingerprint density at radius 3 is 2.90 bits per heavy atom. The van der Waals surface area contributed by atoms with Gasteiger partial charge in [0.2, 0.25) is 0 Å². The van der Waals surface area contributed by atoms with Crippen LogP contribution in [0.5, 0.6) is 0 Å². The van der Waals surface area contributed by atoms with Gasteiger partial charge in [-0.1, -0.05) is 0 Å². The van der Waals surface area contributed by atoms with Crippen LogP contribution in [0.3, 0.4) is 0 Å². The number of anilines is 1. The number of carbonyl (C=O) groups is 2. The van der Waals surface area contributed by atoms with Crippen molar-refractivity contribution >= 4 is 18.0 Å². The first-order valence-electron chi connectivity index (χ1n) is 6.55. The van der Waals surface area contributed by atoms with Crippen molar-refractivity contribution in [2.75, 3.05) is 18.5 Å². The number of imide groups is 1. The summed E-state index contributed by atoms with van der Waals surface area (Å²) in [5.41, 5.74) is -0.678. The number of aromatic nitrogens is 2. The van der Waals surface area contributed by atoms with E-state index in [0.29, 0.717) is 12.4 Å². The molecule has 2 amide bonds. The minimum absolute atomic E-state index is 0.116. The average Bonchev–Trinajstić information content (AvgIpc) is 2.77. The minimum Gasteiger partial charge on any atom is -0.447 e. The molecule has 0 saturated carbocycles. The number of amides is 2. The fourth-order valence-electron chi connectivity index (χ4n) is 1.76. The van der Waals surface area contributed by atoms with E-state index in [-0.39, 0.29) is 6.61 Å². The Morgan fingerprint density at radius 2 is 2.29 bits per heavy atom. The summed E-state index contributed by atoms with van der Waals surface area (Å²) >= 11 is 0. The minimum atomic E-state index is -0.712. The number of rotatable bonds is 3. The van der Waals surface area contributed by atoms with Crippen LogP contribution in [0.2, 0.25) is 0 Å². The van der Waals surface area contributed by atoms with Crippen molar-refractivity contribution in [1.29, 1.82) is 0 Å². The van der Waals surface area contributed by atoms with Crippen LogP contribution in [0.15, 0.2) is 18.6 Å². The summed E-state index contributed by atoms with van der Waals surface area (Å²) in [6.45, 7) is 5.63. The highest BCUT2D eigenvalue weighted by Crippen LogP contribution is 2.18. The molecule has 1 N–H and O–H groups in total. The Bertz CT molecular complexity index is 515. The van der Waals surface area contributed by atoms with Gasteiger partial charge in [-0.3, -0.25) is 4.98 Å². The molecule has 0 aliphatic carbocycles. The lowest BCUT2D eigenvalue weighted by molar-refractivity contribution is 0.0298. The number of ether oxygens (including phenoxy) is 2. The second-order valence-electron chi connectivity index (χ2n) is 5.55. The molecule has 0 bridgehead atoms. The number of nitrogens with one attached hydrogen (secondary N) is 1. The fourth-order valence-corrected chi connectivity index (χ4v) is 1.76. The van der Waals surface area contributed by atoms with Gasteiger partial charge in [-0.05, 0) is 20.8 Å². The van der Waals surface area contributed by atoms with E-state index >= 15 is 0 Å². The molecule has 2 rings (SSSR count). The topological polar surface area (TPSA) is 93.7 Å². The van der Waals surface area contributed by atoms with Gasteiger partial charge in [0, 0.05) is 18.9 Å². The van der Waals surface area contributed by atoms with Gasteiger partial charge in [-0.15, -0.1) is 0 Å². The van der Waals surface area contributed by atoms with Crippen LogP contribution < -0.4 is 5.32 Å². The monoisotopic (exact) mass is 294 g/mol. The lowest BCUT2D eigenvalue weighted by Gasteiger charge is -2.25. The molecule has 21 heavy (non-hydrogen) atoms. The number of hydrogen-bond donors (Lipinski definition) is 1. The van der Waals surface area contributed by atoms with Crippen molar-refractivity contribution in [2.24, 2.45) is 0 Å². The predicted molar refractivity (Wildman–Crippen MR) is 73.7 cm³/mol. The lowest BCUT2D eigenvalue weighted by Crippen LogP contribution is -2.45. The van der Waals surface area contributed by atoms with E-state index in [4.69, 9.17) is 9.47 Å². The third kappa shape index (κ3) is 4.04. The number of hydrogen-bond acceptors (Lipinski definition) is 7. The second kappa shape index (κ2) is 5.94. The maximum absolute atomic E-state index is 12.0. The van der Waals surface area contributed by atoms with Crippen molar-refractivity contribution in [2.45, 2.75) is 32.4 Å². The van der Waals surface area contributed by atoms with Crippen LogP contribution in [0.25, 0.3) is 0 Å².